The predicted octanol–water partition coefficient (Wildman–Crippen LogP) is 4.20. The van der Waals surface area contributed by atoms with Crippen molar-refractivity contribution in [2.45, 2.75) is 30.5 Å². The first-order chi connectivity index (χ1) is 13.1. The van der Waals surface area contributed by atoms with E-state index < -0.39 is 0 Å². The number of amides is 1. The first kappa shape index (κ1) is 16.6. The normalized spacial score (nSPS) is 15.1. The number of hydrogen-bond donors (Lipinski definition) is 0. The highest BCUT2D eigenvalue weighted by atomic mass is 32.2. The van der Waals surface area contributed by atoms with Crippen LogP contribution in [0.3, 0.4) is 0 Å². The third-order valence-corrected chi connectivity index (χ3v) is 6.63. The van der Waals surface area contributed by atoms with E-state index in [0.29, 0.717) is 12.2 Å². The van der Waals surface area contributed by atoms with Gasteiger partial charge in [0.15, 0.2) is 5.69 Å². The lowest BCUT2D eigenvalue weighted by atomic mass is 9.99. The van der Waals surface area contributed by atoms with Gasteiger partial charge in [0.2, 0.25) is 0 Å². The van der Waals surface area contributed by atoms with Crippen molar-refractivity contribution < 1.29 is 4.79 Å². The molecule has 0 saturated heterocycles. The summed E-state index contributed by atoms with van der Waals surface area (Å²) in [6.07, 6.45) is 0.910. The number of fused-ring (bicyclic) bond motifs is 4. The van der Waals surface area contributed by atoms with Gasteiger partial charge in [-0.2, -0.15) is 5.10 Å². The molecule has 27 heavy (non-hydrogen) atoms. The van der Waals surface area contributed by atoms with E-state index in [4.69, 9.17) is 0 Å². The fourth-order valence-corrected chi connectivity index (χ4v) is 5.19. The predicted molar refractivity (Wildman–Crippen MR) is 108 cm³/mol. The number of hydrogen-bond acceptors (Lipinski definition) is 3. The molecular formula is C22H21N3OS. The van der Waals surface area contributed by atoms with Crippen molar-refractivity contribution in [3.8, 4) is 11.3 Å². The largest absolute Gasteiger partial charge is 0.333 e. The van der Waals surface area contributed by atoms with Crippen molar-refractivity contribution in [1.82, 2.24) is 14.7 Å². The van der Waals surface area contributed by atoms with Gasteiger partial charge < -0.3 is 4.90 Å². The van der Waals surface area contributed by atoms with Gasteiger partial charge >= 0.3 is 0 Å². The van der Waals surface area contributed by atoms with Crippen LogP contribution in [0.2, 0.25) is 0 Å². The van der Waals surface area contributed by atoms with Crippen molar-refractivity contribution in [3.63, 3.8) is 0 Å². The Balaban J connectivity index is 1.53. The van der Waals surface area contributed by atoms with Crippen molar-refractivity contribution >= 4 is 17.7 Å². The molecule has 5 rings (SSSR count). The van der Waals surface area contributed by atoms with E-state index in [1.807, 2.05) is 22.7 Å². The third kappa shape index (κ3) is 2.69. The van der Waals surface area contributed by atoms with Gasteiger partial charge in [-0.3, -0.25) is 9.48 Å². The van der Waals surface area contributed by atoms with Crippen LogP contribution in [0.4, 0.5) is 0 Å². The Morgan fingerprint density at radius 3 is 2.81 bits per heavy atom. The zero-order chi connectivity index (χ0) is 18.5. The average Bonchev–Trinajstić information content (AvgIpc) is 3.04. The van der Waals surface area contributed by atoms with E-state index in [1.165, 1.54) is 27.1 Å². The molecule has 0 spiro atoms. The van der Waals surface area contributed by atoms with Gasteiger partial charge in [-0.25, -0.2) is 0 Å². The van der Waals surface area contributed by atoms with E-state index >= 15 is 0 Å². The van der Waals surface area contributed by atoms with Crippen LogP contribution in [0, 0.1) is 6.92 Å². The number of aromatic nitrogens is 2. The molecule has 4 nitrogen and oxygen atoms in total. The number of nitrogens with zero attached hydrogens (tertiary/aromatic N) is 3. The van der Waals surface area contributed by atoms with E-state index in [-0.39, 0.29) is 5.91 Å². The van der Waals surface area contributed by atoms with Crippen molar-refractivity contribution in [1.29, 1.82) is 0 Å². The molecule has 1 amide bonds. The molecule has 0 N–H and O–H groups in total. The van der Waals surface area contributed by atoms with Gasteiger partial charge in [0, 0.05) is 41.9 Å². The summed E-state index contributed by atoms with van der Waals surface area (Å²) in [5, 5.41) is 4.66. The van der Waals surface area contributed by atoms with Gasteiger partial charge in [-0.1, -0.05) is 35.9 Å². The lowest BCUT2D eigenvalue weighted by molar-refractivity contribution is 0.0727. The molecule has 0 radical (unpaired) electrons. The minimum atomic E-state index is 0.0538. The van der Waals surface area contributed by atoms with Crippen LogP contribution in [-0.4, -0.2) is 27.1 Å². The molecule has 2 aliphatic rings. The van der Waals surface area contributed by atoms with Crippen LogP contribution in [0.15, 0.2) is 47.4 Å². The Morgan fingerprint density at radius 1 is 1.15 bits per heavy atom. The van der Waals surface area contributed by atoms with Crippen LogP contribution in [0.5, 0.6) is 0 Å². The molecule has 0 unspecified atom stereocenters. The SMILES string of the molecule is Cc1ccc2c(c1)-c1c(c(C(=O)N3CCc4ccccc4C3)nn1C)CS2. The van der Waals surface area contributed by atoms with E-state index in [9.17, 15) is 4.79 Å². The highest BCUT2D eigenvalue weighted by Crippen LogP contribution is 2.43. The number of carbonyl (C=O) groups excluding carboxylic acids is 1. The molecule has 5 heteroatoms. The second-order valence-electron chi connectivity index (χ2n) is 7.33. The van der Waals surface area contributed by atoms with Gasteiger partial charge in [0.1, 0.15) is 0 Å². The van der Waals surface area contributed by atoms with Gasteiger partial charge in [-0.15, -0.1) is 11.8 Å². The Bertz CT molecular complexity index is 1070. The number of thioether (sulfide) groups is 1. The zero-order valence-corrected chi connectivity index (χ0v) is 16.3. The Morgan fingerprint density at radius 2 is 1.96 bits per heavy atom. The maximum Gasteiger partial charge on any atom is 0.275 e. The first-order valence-electron chi connectivity index (χ1n) is 9.27. The monoisotopic (exact) mass is 375 g/mol. The standard InChI is InChI=1S/C22H21N3OS/c1-14-7-8-19-17(11-14)21-18(13-27-19)20(23-24(21)2)22(26)25-10-9-15-5-3-4-6-16(15)12-25/h3-8,11H,9-10,12-13H2,1-2H3. The summed E-state index contributed by atoms with van der Waals surface area (Å²) in [5.41, 5.74) is 7.80. The fraction of sp³-hybridized carbons (Fsp3) is 0.273. The van der Waals surface area contributed by atoms with Gasteiger partial charge in [-0.05, 0) is 36.6 Å². The molecule has 2 aliphatic heterocycles. The molecule has 136 valence electrons. The second-order valence-corrected chi connectivity index (χ2v) is 8.35. The highest BCUT2D eigenvalue weighted by Gasteiger charge is 2.31. The number of carbonyl (C=O) groups is 1. The summed E-state index contributed by atoms with van der Waals surface area (Å²) >= 11 is 1.80. The molecule has 0 saturated carbocycles. The van der Waals surface area contributed by atoms with Crippen molar-refractivity contribution in [2.75, 3.05) is 6.54 Å². The van der Waals surface area contributed by atoms with Gasteiger partial charge in [0.05, 0.1) is 5.69 Å². The van der Waals surface area contributed by atoms with Crippen LogP contribution < -0.4 is 0 Å². The second kappa shape index (κ2) is 6.27. The maximum absolute atomic E-state index is 13.3. The summed E-state index contributed by atoms with van der Waals surface area (Å²) < 4.78 is 1.89. The maximum atomic E-state index is 13.3. The molecule has 0 fully saturated rings. The summed E-state index contributed by atoms with van der Waals surface area (Å²) in [6.45, 7) is 3.53. The highest BCUT2D eigenvalue weighted by molar-refractivity contribution is 7.98. The van der Waals surface area contributed by atoms with E-state index in [0.717, 1.165) is 30.0 Å². The Labute approximate surface area is 163 Å². The van der Waals surface area contributed by atoms with Crippen LogP contribution in [0.1, 0.15) is 32.7 Å². The molecule has 0 atom stereocenters. The molecule has 3 heterocycles. The minimum absolute atomic E-state index is 0.0538. The molecule has 0 bridgehead atoms. The Kier molecular flexibility index (Phi) is 3.86. The van der Waals surface area contributed by atoms with Gasteiger partial charge in [0.25, 0.3) is 5.91 Å². The lowest BCUT2D eigenvalue weighted by Crippen LogP contribution is -2.36. The third-order valence-electron chi connectivity index (χ3n) is 5.53. The van der Waals surface area contributed by atoms with Crippen LogP contribution >= 0.6 is 11.8 Å². The van der Waals surface area contributed by atoms with Crippen molar-refractivity contribution in [2.24, 2.45) is 7.05 Å². The van der Waals surface area contributed by atoms with Crippen LogP contribution in [-0.2, 0) is 25.8 Å². The minimum Gasteiger partial charge on any atom is -0.333 e. The Hall–Kier alpha value is -2.53. The lowest BCUT2D eigenvalue weighted by Gasteiger charge is -2.28. The van der Waals surface area contributed by atoms with Crippen LogP contribution in [0.25, 0.3) is 11.3 Å². The summed E-state index contributed by atoms with van der Waals surface area (Å²) in [7, 11) is 1.95. The first-order valence-corrected chi connectivity index (χ1v) is 10.3. The molecule has 2 aromatic carbocycles. The summed E-state index contributed by atoms with van der Waals surface area (Å²) in [4.78, 5) is 16.5. The summed E-state index contributed by atoms with van der Waals surface area (Å²) in [5.74, 6) is 0.850. The molecule has 1 aromatic heterocycles. The summed E-state index contributed by atoms with van der Waals surface area (Å²) in [6, 6.07) is 14.9. The molecule has 3 aromatic rings. The van der Waals surface area contributed by atoms with Crippen molar-refractivity contribution in [3.05, 3.63) is 70.4 Å². The average molecular weight is 375 g/mol. The number of rotatable bonds is 1. The van der Waals surface area contributed by atoms with E-state index in [2.05, 4.69) is 48.4 Å². The number of aryl methyl sites for hydroxylation is 2. The quantitative estimate of drug-likeness (QED) is 0.640. The number of benzene rings is 2. The smallest absolute Gasteiger partial charge is 0.275 e. The molecule has 0 aliphatic carbocycles. The molecular weight excluding hydrogens is 354 g/mol. The van der Waals surface area contributed by atoms with E-state index in [1.54, 1.807) is 11.8 Å². The fourth-order valence-electron chi connectivity index (χ4n) is 4.14. The zero-order valence-electron chi connectivity index (χ0n) is 15.5. The topological polar surface area (TPSA) is 38.1 Å².